The maximum atomic E-state index is 13.0. The van der Waals surface area contributed by atoms with Gasteiger partial charge in [-0.1, -0.05) is 6.92 Å². The number of benzene rings is 1. The van der Waals surface area contributed by atoms with E-state index in [4.69, 9.17) is 16.2 Å². The number of nitrogen functional groups attached to an aromatic ring is 2. The molecule has 1 aromatic heterocycles. The van der Waals surface area contributed by atoms with Gasteiger partial charge in [-0.2, -0.15) is 0 Å². The number of hydrogen-bond donors (Lipinski definition) is 2. The summed E-state index contributed by atoms with van der Waals surface area (Å²) in [5.41, 5.74) is 14.5. The van der Waals surface area contributed by atoms with E-state index < -0.39 is 0 Å². The van der Waals surface area contributed by atoms with E-state index in [0.29, 0.717) is 41.5 Å². The van der Waals surface area contributed by atoms with Crippen molar-refractivity contribution in [1.29, 1.82) is 0 Å². The Bertz CT molecular complexity index is 814. The quantitative estimate of drug-likeness (QED) is 0.647. The summed E-state index contributed by atoms with van der Waals surface area (Å²) in [4.78, 5) is 27.6. The van der Waals surface area contributed by atoms with E-state index in [1.807, 2.05) is 6.92 Å². The van der Waals surface area contributed by atoms with Crippen LogP contribution in [0.1, 0.15) is 46.1 Å². The Morgan fingerprint density at radius 3 is 2.60 bits per heavy atom. The van der Waals surface area contributed by atoms with Gasteiger partial charge in [-0.05, 0) is 36.8 Å². The lowest BCUT2D eigenvalue weighted by Gasteiger charge is -2.30. The van der Waals surface area contributed by atoms with Crippen LogP contribution in [0, 0.1) is 0 Å². The van der Waals surface area contributed by atoms with E-state index in [1.165, 1.54) is 11.3 Å². The summed E-state index contributed by atoms with van der Waals surface area (Å²) < 4.78 is 5.09. The van der Waals surface area contributed by atoms with Crippen LogP contribution in [-0.4, -0.2) is 29.9 Å². The van der Waals surface area contributed by atoms with Gasteiger partial charge in [-0.25, -0.2) is 4.79 Å². The number of rotatable bonds is 3. The van der Waals surface area contributed by atoms with Crippen LogP contribution in [0.3, 0.4) is 0 Å². The van der Waals surface area contributed by atoms with Gasteiger partial charge in [-0.15, -0.1) is 11.3 Å². The number of carbonyl (C=O) groups is 2. The third kappa shape index (κ3) is 3.19. The van der Waals surface area contributed by atoms with Crippen molar-refractivity contribution in [3.05, 3.63) is 45.8 Å². The second kappa shape index (κ2) is 6.76. The number of nitrogens with two attached hydrogens (primary N) is 2. The first-order valence-electron chi connectivity index (χ1n) is 8.15. The molecule has 1 aliphatic heterocycles. The van der Waals surface area contributed by atoms with Crippen molar-refractivity contribution in [2.45, 2.75) is 26.3 Å². The van der Waals surface area contributed by atoms with Gasteiger partial charge < -0.3 is 21.1 Å². The van der Waals surface area contributed by atoms with Gasteiger partial charge in [0.1, 0.15) is 0 Å². The molecule has 1 amide bonds. The minimum absolute atomic E-state index is 0.00874. The van der Waals surface area contributed by atoms with Crippen LogP contribution >= 0.6 is 11.3 Å². The topological polar surface area (TPSA) is 98.6 Å². The third-order valence-electron chi connectivity index (χ3n) is 4.30. The van der Waals surface area contributed by atoms with E-state index in [1.54, 1.807) is 36.1 Å². The molecule has 4 N–H and O–H groups in total. The first-order chi connectivity index (χ1) is 11.9. The number of anilines is 2. The van der Waals surface area contributed by atoms with E-state index in [2.05, 4.69) is 0 Å². The fraction of sp³-hybridized carbons (Fsp3) is 0.333. The second-order valence-electron chi connectivity index (χ2n) is 6.11. The standard InChI is InChI=1S/C18H21N3O3S/c1-3-24-18(23)21-8-10(2)14-13(9-21)25-17(20)15(14)16(22)11-4-6-12(19)7-5-11/h4-7,10H,3,8-9,19-20H2,1-2H3. The molecule has 3 rings (SSSR count). The van der Waals surface area contributed by atoms with E-state index >= 15 is 0 Å². The normalized spacial score (nSPS) is 16.4. The summed E-state index contributed by atoms with van der Waals surface area (Å²) in [6.07, 6.45) is -0.335. The number of nitrogens with zero attached hydrogens (tertiary/aromatic N) is 1. The van der Waals surface area contributed by atoms with Crippen LogP contribution in [0.2, 0.25) is 0 Å². The molecule has 1 aromatic carbocycles. The second-order valence-corrected chi connectivity index (χ2v) is 7.25. The molecular weight excluding hydrogens is 338 g/mol. The zero-order chi connectivity index (χ0) is 18.1. The number of fused-ring (bicyclic) bond motifs is 1. The van der Waals surface area contributed by atoms with Crippen LogP contribution in [0.4, 0.5) is 15.5 Å². The summed E-state index contributed by atoms with van der Waals surface area (Å²) in [5, 5.41) is 0.490. The average Bonchev–Trinajstić information content (AvgIpc) is 2.91. The lowest BCUT2D eigenvalue weighted by Crippen LogP contribution is -2.37. The zero-order valence-corrected chi connectivity index (χ0v) is 15.1. The van der Waals surface area contributed by atoms with E-state index in [-0.39, 0.29) is 17.8 Å². The van der Waals surface area contributed by atoms with Crippen LogP contribution < -0.4 is 11.5 Å². The molecule has 1 aliphatic rings. The zero-order valence-electron chi connectivity index (χ0n) is 14.2. The Hall–Kier alpha value is -2.54. The van der Waals surface area contributed by atoms with Gasteiger partial charge in [0.2, 0.25) is 0 Å². The highest BCUT2D eigenvalue weighted by Crippen LogP contribution is 2.41. The summed E-state index contributed by atoms with van der Waals surface area (Å²) in [6.45, 7) is 5.04. The molecular formula is C18H21N3O3S. The molecule has 0 radical (unpaired) electrons. The molecule has 6 nitrogen and oxygen atoms in total. The maximum Gasteiger partial charge on any atom is 0.410 e. The molecule has 2 aromatic rings. The first-order valence-corrected chi connectivity index (χ1v) is 8.97. The monoisotopic (exact) mass is 359 g/mol. The van der Waals surface area contributed by atoms with Crippen molar-refractivity contribution in [2.24, 2.45) is 0 Å². The Balaban J connectivity index is 1.95. The van der Waals surface area contributed by atoms with Gasteiger partial charge >= 0.3 is 6.09 Å². The summed E-state index contributed by atoms with van der Waals surface area (Å²) in [5.74, 6) is -0.0964. The van der Waals surface area contributed by atoms with Crippen LogP contribution in [-0.2, 0) is 11.3 Å². The van der Waals surface area contributed by atoms with Crippen molar-refractivity contribution in [2.75, 3.05) is 24.6 Å². The predicted octanol–water partition coefficient (Wildman–Crippen LogP) is 3.22. The molecule has 1 atom stereocenters. The third-order valence-corrected chi connectivity index (χ3v) is 5.32. The Morgan fingerprint density at radius 1 is 1.28 bits per heavy atom. The highest BCUT2D eigenvalue weighted by Gasteiger charge is 2.33. The van der Waals surface area contributed by atoms with Crippen molar-refractivity contribution >= 4 is 33.9 Å². The van der Waals surface area contributed by atoms with E-state index in [0.717, 1.165) is 10.4 Å². The molecule has 0 fully saturated rings. The number of carbonyl (C=O) groups excluding carboxylic acids is 2. The fourth-order valence-electron chi connectivity index (χ4n) is 3.18. The first kappa shape index (κ1) is 17.3. The minimum Gasteiger partial charge on any atom is -0.450 e. The maximum absolute atomic E-state index is 13.0. The van der Waals surface area contributed by atoms with Gasteiger partial charge in [0.15, 0.2) is 5.78 Å². The Labute approximate surface area is 150 Å². The number of hydrogen-bond acceptors (Lipinski definition) is 6. The molecule has 0 spiro atoms. The van der Waals surface area contributed by atoms with Crippen molar-refractivity contribution in [3.8, 4) is 0 Å². The number of amides is 1. The smallest absolute Gasteiger partial charge is 0.410 e. The Kier molecular flexibility index (Phi) is 4.67. The molecule has 132 valence electrons. The molecule has 25 heavy (non-hydrogen) atoms. The highest BCUT2D eigenvalue weighted by molar-refractivity contribution is 7.16. The largest absolute Gasteiger partial charge is 0.450 e. The predicted molar refractivity (Wildman–Crippen MR) is 98.9 cm³/mol. The van der Waals surface area contributed by atoms with Gasteiger partial charge in [-0.3, -0.25) is 4.79 Å². The van der Waals surface area contributed by atoms with Crippen molar-refractivity contribution < 1.29 is 14.3 Å². The number of thiophene rings is 1. The molecule has 7 heteroatoms. The number of ether oxygens (including phenoxy) is 1. The van der Waals surface area contributed by atoms with Crippen molar-refractivity contribution in [3.63, 3.8) is 0 Å². The van der Waals surface area contributed by atoms with Gasteiger partial charge in [0, 0.05) is 28.6 Å². The lowest BCUT2D eigenvalue weighted by molar-refractivity contribution is 0.0995. The van der Waals surface area contributed by atoms with Gasteiger partial charge in [0.05, 0.1) is 23.7 Å². The average molecular weight is 359 g/mol. The molecule has 0 saturated heterocycles. The number of ketones is 1. The highest BCUT2D eigenvalue weighted by atomic mass is 32.1. The lowest BCUT2D eigenvalue weighted by atomic mass is 9.89. The summed E-state index contributed by atoms with van der Waals surface area (Å²) in [6, 6.07) is 6.82. The molecule has 0 bridgehead atoms. The van der Waals surface area contributed by atoms with Crippen molar-refractivity contribution in [1.82, 2.24) is 4.90 Å². The molecule has 0 saturated carbocycles. The van der Waals surface area contributed by atoms with E-state index in [9.17, 15) is 9.59 Å². The van der Waals surface area contributed by atoms with Gasteiger partial charge in [0.25, 0.3) is 0 Å². The van der Waals surface area contributed by atoms with Crippen LogP contribution in [0.15, 0.2) is 24.3 Å². The van der Waals surface area contributed by atoms with Crippen LogP contribution in [0.25, 0.3) is 0 Å². The summed E-state index contributed by atoms with van der Waals surface area (Å²) >= 11 is 1.37. The fourth-order valence-corrected chi connectivity index (χ4v) is 4.38. The molecule has 0 aliphatic carbocycles. The Morgan fingerprint density at radius 2 is 1.96 bits per heavy atom. The minimum atomic E-state index is -0.335. The molecule has 2 heterocycles. The SMILES string of the molecule is CCOC(=O)N1Cc2sc(N)c(C(=O)c3ccc(N)cc3)c2C(C)C1. The van der Waals surface area contributed by atoms with Crippen LogP contribution in [0.5, 0.6) is 0 Å². The summed E-state index contributed by atoms with van der Waals surface area (Å²) in [7, 11) is 0. The molecule has 1 unspecified atom stereocenters.